The number of nitrogens with one attached hydrogen (secondary N) is 2. The van der Waals surface area contributed by atoms with Crippen LogP contribution in [0.4, 0.5) is 5.69 Å². The SMILES string of the molecule is COCCNS(=O)(=O)c1ccc(C(=O)Nc2cccc(-n3nccc3C)c2)cc1. The number of aromatic nitrogens is 2. The number of methoxy groups -OCH3 is 1. The van der Waals surface area contributed by atoms with E-state index in [4.69, 9.17) is 4.74 Å². The van der Waals surface area contributed by atoms with Crippen molar-refractivity contribution in [1.29, 1.82) is 0 Å². The van der Waals surface area contributed by atoms with Gasteiger partial charge in [0.25, 0.3) is 5.91 Å². The molecule has 1 heterocycles. The average molecular weight is 414 g/mol. The van der Waals surface area contributed by atoms with Crippen molar-refractivity contribution in [3.8, 4) is 5.69 Å². The molecule has 0 spiro atoms. The summed E-state index contributed by atoms with van der Waals surface area (Å²) in [5.41, 5.74) is 2.76. The summed E-state index contributed by atoms with van der Waals surface area (Å²) in [6.45, 7) is 2.39. The molecule has 0 aliphatic carbocycles. The van der Waals surface area contributed by atoms with Gasteiger partial charge in [0.2, 0.25) is 10.0 Å². The van der Waals surface area contributed by atoms with E-state index in [-0.39, 0.29) is 24.0 Å². The van der Waals surface area contributed by atoms with Crippen molar-refractivity contribution >= 4 is 21.6 Å². The van der Waals surface area contributed by atoms with Crippen LogP contribution in [0.3, 0.4) is 0 Å². The first kappa shape index (κ1) is 20.7. The van der Waals surface area contributed by atoms with Crippen molar-refractivity contribution in [3.05, 3.63) is 72.1 Å². The minimum Gasteiger partial charge on any atom is -0.383 e. The fourth-order valence-electron chi connectivity index (χ4n) is 2.71. The van der Waals surface area contributed by atoms with E-state index in [0.29, 0.717) is 11.3 Å². The number of benzene rings is 2. The first-order valence-electron chi connectivity index (χ1n) is 8.92. The standard InChI is InChI=1S/C20H22N4O4S/c1-15-10-11-21-24(15)18-5-3-4-17(14-18)23-20(25)16-6-8-19(9-7-16)29(26,27)22-12-13-28-2/h3-11,14,22H,12-13H2,1-2H3,(H,23,25). The Bertz CT molecular complexity index is 1090. The largest absolute Gasteiger partial charge is 0.383 e. The number of rotatable bonds is 8. The van der Waals surface area contributed by atoms with Crippen LogP contribution in [0, 0.1) is 6.92 Å². The zero-order chi connectivity index (χ0) is 20.9. The molecule has 29 heavy (non-hydrogen) atoms. The number of hydrogen-bond donors (Lipinski definition) is 2. The Hall–Kier alpha value is -3.01. The molecule has 0 saturated carbocycles. The molecule has 8 nitrogen and oxygen atoms in total. The van der Waals surface area contributed by atoms with Crippen LogP contribution in [0.15, 0.2) is 65.7 Å². The van der Waals surface area contributed by atoms with Crippen molar-refractivity contribution in [2.45, 2.75) is 11.8 Å². The summed E-state index contributed by atoms with van der Waals surface area (Å²) in [5.74, 6) is -0.337. The highest BCUT2D eigenvalue weighted by Gasteiger charge is 2.14. The van der Waals surface area contributed by atoms with Gasteiger partial charge in [0, 0.05) is 36.8 Å². The van der Waals surface area contributed by atoms with Gasteiger partial charge in [-0.3, -0.25) is 4.79 Å². The predicted octanol–water partition coefficient (Wildman–Crippen LogP) is 2.36. The lowest BCUT2D eigenvalue weighted by molar-refractivity contribution is 0.102. The molecule has 3 aromatic rings. The maximum Gasteiger partial charge on any atom is 0.255 e. The highest BCUT2D eigenvalue weighted by Crippen LogP contribution is 2.17. The van der Waals surface area contributed by atoms with Crippen LogP contribution in [-0.2, 0) is 14.8 Å². The van der Waals surface area contributed by atoms with E-state index < -0.39 is 10.0 Å². The summed E-state index contributed by atoms with van der Waals surface area (Å²) in [7, 11) is -2.15. The molecule has 0 atom stereocenters. The summed E-state index contributed by atoms with van der Waals surface area (Å²) in [6.07, 6.45) is 1.71. The molecule has 0 radical (unpaired) electrons. The Balaban J connectivity index is 1.71. The lowest BCUT2D eigenvalue weighted by Crippen LogP contribution is -2.27. The van der Waals surface area contributed by atoms with Crippen LogP contribution in [0.25, 0.3) is 5.69 Å². The first-order chi connectivity index (χ1) is 13.9. The summed E-state index contributed by atoms with van der Waals surface area (Å²) in [6, 6.07) is 14.9. The van der Waals surface area contributed by atoms with Crippen LogP contribution >= 0.6 is 0 Å². The number of anilines is 1. The normalized spacial score (nSPS) is 11.4. The van der Waals surface area contributed by atoms with Crippen molar-refractivity contribution in [1.82, 2.24) is 14.5 Å². The second-order valence-electron chi connectivity index (χ2n) is 6.30. The van der Waals surface area contributed by atoms with Crippen molar-refractivity contribution in [2.75, 3.05) is 25.6 Å². The number of aryl methyl sites for hydroxylation is 1. The second kappa shape index (κ2) is 8.99. The van der Waals surface area contributed by atoms with Crippen molar-refractivity contribution in [2.24, 2.45) is 0 Å². The van der Waals surface area contributed by atoms with Crippen LogP contribution in [0.1, 0.15) is 16.1 Å². The molecule has 3 rings (SSSR count). The Kier molecular flexibility index (Phi) is 6.42. The third-order valence-corrected chi connectivity index (χ3v) is 5.68. The van der Waals surface area contributed by atoms with Gasteiger partial charge >= 0.3 is 0 Å². The first-order valence-corrected chi connectivity index (χ1v) is 10.4. The van der Waals surface area contributed by atoms with E-state index in [9.17, 15) is 13.2 Å². The summed E-state index contributed by atoms with van der Waals surface area (Å²) in [5, 5.41) is 7.08. The molecular weight excluding hydrogens is 392 g/mol. The Morgan fingerprint density at radius 2 is 1.90 bits per heavy atom. The van der Waals surface area contributed by atoms with E-state index in [0.717, 1.165) is 11.4 Å². The Labute approximate surface area is 169 Å². The number of carbonyl (C=O) groups is 1. The number of carbonyl (C=O) groups excluding carboxylic acids is 1. The third-order valence-electron chi connectivity index (χ3n) is 4.21. The summed E-state index contributed by atoms with van der Waals surface area (Å²) < 4.78 is 33.4. The number of ether oxygens (including phenoxy) is 1. The molecule has 2 aromatic carbocycles. The fraction of sp³-hybridized carbons (Fsp3) is 0.200. The number of nitrogens with zero attached hydrogens (tertiary/aromatic N) is 2. The van der Waals surface area contributed by atoms with Gasteiger partial charge in [-0.05, 0) is 55.5 Å². The van der Waals surface area contributed by atoms with Crippen LogP contribution in [-0.4, -0.2) is 44.4 Å². The molecule has 2 N–H and O–H groups in total. The van der Waals surface area contributed by atoms with E-state index in [1.54, 1.807) is 16.9 Å². The molecule has 0 unspecified atom stereocenters. The molecule has 0 aliphatic rings. The third kappa shape index (κ3) is 5.08. The number of hydrogen-bond acceptors (Lipinski definition) is 5. The Morgan fingerprint density at radius 1 is 1.14 bits per heavy atom. The zero-order valence-electron chi connectivity index (χ0n) is 16.1. The van der Waals surface area contributed by atoms with Crippen LogP contribution < -0.4 is 10.0 Å². The van der Waals surface area contributed by atoms with E-state index >= 15 is 0 Å². The van der Waals surface area contributed by atoms with Gasteiger partial charge in [0.05, 0.1) is 17.2 Å². The van der Waals surface area contributed by atoms with Crippen LogP contribution in [0.2, 0.25) is 0 Å². The average Bonchev–Trinajstić information content (AvgIpc) is 3.14. The molecule has 0 aliphatic heterocycles. The highest BCUT2D eigenvalue weighted by atomic mass is 32.2. The van der Waals surface area contributed by atoms with E-state index in [1.807, 2.05) is 31.2 Å². The molecule has 9 heteroatoms. The zero-order valence-corrected chi connectivity index (χ0v) is 16.9. The maximum atomic E-state index is 12.5. The number of sulfonamides is 1. The molecule has 0 saturated heterocycles. The van der Waals surface area contributed by atoms with Crippen LogP contribution in [0.5, 0.6) is 0 Å². The highest BCUT2D eigenvalue weighted by molar-refractivity contribution is 7.89. The van der Waals surface area contributed by atoms with Gasteiger partial charge in [-0.25, -0.2) is 17.8 Å². The molecule has 152 valence electrons. The molecular formula is C20H22N4O4S. The monoisotopic (exact) mass is 414 g/mol. The second-order valence-corrected chi connectivity index (χ2v) is 8.07. The minimum absolute atomic E-state index is 0.0845. The molecule has 1 aromatic heterocycles. The van der Waals surface area contributed by atoms with Gasteiger partial charge in [-0.15, -0.1) is 0 Å². The Morgan fingerprint density at radius 3 is 2.55 bits per heavy atom. The number of amides is 1. The topological polar surface area (TPSA) is 102 Å². The van der Waals surface area contributed by atoms with Gasteiger partial charge in [0.15, 0.2) is 0 Å². The van der Waals surface area contributed by atoms with Crippen molar-refractivity contribution < 1.29 is 17.9 Å². The van der Waals surface area contributed by atoms with E-state index in [1.165, 1.54) is 31.4 Å². The van der Waals surface area contributed by atoms with E-state index in [2.05, 4.69) is 15.1 Å². The fourth-order valence-corrected chi connectivity index (χ4v) is 3.72. The predicted molar refractivity (Wildman–Crippen MR) is 110 cm³/mol. The lowest BCUT2D eigenvalue weighted by atomic mass is 10.2. The summed E-state index contributed by atoms with van der Waals surface area (Å²) in [4.78, 5) is 12.6. The smallest absolute Gasteiger partial charge is 0.255 e. The summed E-state index contributed by atoms with van der Waals surface area (Å²) >= 11 is 0. The molecule has 0 bridgehead atoms. The molecule has 0 fully saturated rings. The van der Waals surface area contributed by atoms with Gasteiger partial charge in [-0.1, -0.05) is 6.07 Å². The quantitative estimate of drug-likeness (QED) is 0.551. The van der Waals surface area contributed by atoms with Gasteiger partial charge in [-0.2, -0.15) is 5.10 Å². The minimum atomic E-state index is -3.64. The van der Waals surface area contributed by atoms with Gasteiger partial charge < -0.3 is 10.1 Å². The van der Waals surface area contributed by atoms with Crippen molar-refractivity contribution in [3.63, 3.8) is 0 Å². The lowest BCUT2D eigenvalue weighted by Gasteiger charge is -2.10. The van der Waals surface area contributed by atoms with Gasteiger partial charge in [0.1, 0.15) is 0 Å². The molecule has 1 amide bonds. The maximum absolute atomic E-state index is 12.5.